The van der Waals surface area contributed by atoms with Crippen molar-refractivity contribution in [3.05, 3.63) is 73.9 Å². The van der Waals surface area contributed by atoms with Gasteiger partial charge < -0.3 is 9.30 Å². The molecule has 4 amide bonds. The van der Waals surface area contributed by atoms with E-state index in [9.17, 15) is 19.2 Å². The summed E-state index contributed by atoms with van der Waals surface area (Å²) in [4.78, 5) is 53.8. The van der Waals surface area contributed by atoms with Gasteiger partial charge in [-0.25, -0.2) is 14.5 Å². The van der Waals surface area contributed by atoms with Crippen LogP contribution in [0.5, 0.6) is 0 Å². The number of nitrogens with zero attached hydrogens (tertiary/aromatic N) is 2. The maximum Gasteiger partial charge on any atom is 0.341 e. The number of fused-ring (bicyclic) bond motifs is 1. The quantitative estimate of drug-likeness (QED) is 0.255. The van der Waals surface area contributed by atoms with E-state index in [-0.39, 0.29) is 23.8 Å². The first-order valence-corrected chi connectivity index (χ1v) is 13.6. The Morgan fingerprint density at radius 3 is 2.66 bits per heavy atom. The van der Waals surface area contributed by atoms with Gasteiger partial charge in [0.15, 0.2) is 0 Å². The number of aryl methyl sites for hydroxylation is 2. The summed E-state index contributed by atoms with van der Waals surface area (Å²) in [6.07, 6.45) is 5.34. The summed E-state index contributed by atoms with van der Waals surface area (Å²) in [6.45, 7) is 5.85. The van der Waals surface area contributed by atoms with Crippen LogP contribution in [-0.4, -0.2) is 35.0 Å². The molecule has 0 atom stereocenters. The Morgan fingerprint density at radius 2 is 1.92 bits per heavy atom. The number of imide groups is 2. The maximum atomic E-state index is 13.4. The van der Waals surface area contributed by atoms with E-state index in [1.54, 1.807) is 36.5 Å². The standard InChI is InChI=1S/C28H26ClN3O5S/c1-4-37-27(35)23-20-10-5-6-11-22(20)38-26(23)31-15(2)12-17(16(31)3)13-21-24(33)30-28(36)32(25(21)34)19-9-7-8-18(29)14-19/h7-9,12-14H,4-6,10-11H2,1-3H3,(H,30,33,36)/b21-13-. The number of barbiturate groups is 1. The molecule has 1 aliphatic carbocycles. The van der Waals surface area contributed by atoms with Crippen LogP contribution in [0.4, 0.5) is 10.5 Å². The van der Waals surface area contributed by atoms with Gasteiger partial charge in [-0.3, -0.25) is 14.9 Å². The lowest BCUT2D eigenvalue weighted by Crippen LogP contribution is -2.54. The fourth-order valence-corrected chi connectivity index (χ4v) is 6.70. The number of hydrogen-bond donors (Lipinski definition) is 1. The van der Waals surface area contributed by atoms with Gasteiger partial charge in [0, 0.05) is 21.3 Å². The van der Waals surface area contributed by atoms with Gasteiger partial charge in [0.25, 0.3) is 11.8 Å². The molecule has 8 nitrogen and oxygen atoms in total. The maximum absolute atomic E-state index is 13.4. The molecule has 1 fully saturated rings. The highest BCUT2D eigenvalue weighted by molar-refractivity contribution is 7.15. The van der Waals surface area contributed by atoms with E-state index < -0.39 is 17.8 Å². The topological polar surface area (TPSA) is 97.7 Å². The van der Waals surface area contributed by atoms with Crippen molar-refractivity contribution in [2.75, 3.05) is 11.5 Å². The SMILES string of the molecule is CCOC(=O)c1c(-n2c(C)cc(/C=C3/C(=O)NC(=O)N(c4cccc(Cl)c4)C3=O)c2C)sc2c1CCCC2. The highest BCUT2D eigenvalue weighted by Crippen LogP contribution is 2.39. The number of nitrogens with one attached hydrogen (secondary N) is 1. The van der Waals surface area contributed by atoms with Gasteiger partial charge in [-0.05, 0) is 87.9 Å². The van der Waals surface area contributed by atoms with Crippen LogP contribution >= 0.6 is 22.9 Å². The number of carbonyl (C=O) groups is 4. The number of aromatic nitrogens is 1. The number of anilines is 1. The monoisotopic (exact) mass is 551 g/mol. The summed E-state index contributed by atoms with van der Waals surface area (Å²) in [5.41, 5.74) is 3.95. The van der Waals surface area contributed by atoms with Crippen LogP contribution in [0.15, 0.2) is 35.9 Å². The number of ether oxygens (including phenoxy) is 1. The minimum atomic E-state index is -0.840. The highest BCUT2D eigenvalue weighted by atomic mass is 35.5. The number of esters is 1. The molecule has 3 heterocycles. The molecule has 2 aliphatic rings. The van der Waals surface area contributed by atoms with Crippen molar-refractivity contribution in [1.29, 1.82) is 0 Å². The number of benzene rings is 1. The van der Waals surface area contributed by atoms with Crippen molar-refractivity contribution in [3.8, 4) is 5.00 Å². The van der Waals surface area contributed by atoms with Crippen molar-refractivity contribution in [3.63, 3.8) is 0 Å². The molecule has 1 aromatic carbocycles. The normalized spacial score (nSPS) is 16.6. The molecule has 1 aliphatic heterocycles. The second kappa shape index (κ2) is 10.2. The molecule has 1 N–H and O–H groups in total. The zero-order valence-electron chi connectivity index (χ0n) is 21.2. The van der Waals surface area contributed by atoms with Gasteiger partial charge in [-0.15, -0.1) is 11.3 Å². The smallest absolute Gasteiger partial charge is 0.341 e. The van der Waals surface area contributed by atoms with Crippen LogP contribution in [0, 0.1) is 13.8 Å². The van der Waals surface area contributed by atoms with E-state index in [0.717, 1.165) is 52.5 Å². The number of hydrogen-bond acceptors (Lipinski definition) is 6. The summed E-state index contributed by atoms with van der Waals surface area (Å²) < 4.78 is 7.40. The Hall–Kier alpha value is -3.69. The molecule has 0 radical (unpaired) electrons. The molecule has 1 saturated heterocycles. The number of halogens is 1. The summed E-state index contributed by atoms with van der Waals surface area (Å²) in [5, 5.41) is 3.38. The van der Waals surface area contributed by atoms with Gasteiger partial charge in [-0.2, -0.15) is 0 Å². The first-order valence-electron chi connectivity index (χ1n) is 12.4. The van der Waals surface area contributed by atoms with Crippen LogP contribution in [0.3, 0.4) is 0 Å². The Labute approximate surface area is 228 Å². The molecule has 0 saturated carbocycles. The van der Waals surface area contributed by atoms with Crippen LogP contribution in [0.25, 0.3) is 11.1 Å². The number of carbonyl (C=O) groups excluding carboxylic acids is 4. The molecule has 10 heteroatoms. The Bertz CT molecular complexity index is 1530. The Kier molecular flexibility index (Phi) is 6.98. The number of thiophene rings is 1. The molecule has 3 aromatic rings. The molecule has 0 unspecified atom stereocenters. The van der Waals surface area contributed by atoms with Crippen molar-refractivity contribution in [2.45, 2.75) is 46.5 Å². The third-order valence-corrected chi connectivity index (χ3v) is 8.29. The van der Waals surface area contributed by atoms with Gasteiger partial charge in [0.05, 0.1) is 17.9 Å². The lowest BCUT2D eigenvalue weighted by Gasteiger charge is -2.26. The van der Waals surface area contributed by atoms with Crippen LogP contribution in [-0.2, 0) is 27.2 Å². The van der Waals surface area contributed by atoms with Gasteiger partial charge in [0.2, 0.25) is 0 Å². The Morgan fingerprint density at radius 1 is 1.16 bits per heavy atom. The van der Waals surface area contributed by atoms with E-state index in [1.807, 2.05) is 24.5 Å². The van der Waals surface area contributed by atoms with E-state index in [1.165, 1.54) is 17.0 Å². The zero-order chi connectivity index (χ0) is 27.1. The second-order valence-corrected chi connectivity index (χ2v) is 10.7. The minimum absolute atomic E-state index is 0.180. The molecule has 5 rings (SSSR count). The number of rotatable bonds is 5. The molecule has 196 valence electrons. The van der Waals surface area contributed by atoms with E-state index in [2.05, 4.69) is 5.32 Å². The lowest BCUT2D eigenvalue weighted by molar-refractivity contribution is -0.122. The first kappa shape index (κ1) is 25.9. The van der Waals surface area contributed by atoms with E-state index >= 15 is 0 Å². The van der Waals surface area contributed by atoms with Crippen LogP contribution in [0.2, 0.25) is 5.02 Å². The van der Waals surface area contributed by atoms with Crippen molar-refractivity contribution < 1.29 is 23.9 Å². The number of urea groups is 1. The van der Waals surface area contributed by atoms with Crippen molar-refractivity contribution in [2.24, 2.45) is 0 Å². The fourth-order valence-electron chi connectivity index (χ4n) is 5.03. The van der Waals surface area contributed by atoms with Gasteiger partial charge in [-0.1, -0.05) is 17.7 Å². The average Bonchev–Trinajstić information content (AvgIpc) is 3.37. The Balaban J connectivity index is 1.59. The van der Waals surface area contributed by atoms with Crippen LogP contribution < -0.4 is 10.2 Å². The van der Waals surface area contributed by atoms with Gasteiger partial charge >= 0.3 is 12.0 Å². The molecular formula is C28H26ClN3O5S. The molecule has 0 bridgehead atoms. The first-order chi connectivity index (χ1) is 18.2. The lowest BCUT2D eigenvalue weighted by atomic mass is 9.95. The summed E-state index contributed by atoms with van der Waals surface area (Å²) >= 11 is 7.65. The average molecular weight is 552 g/mol. The van der Waals surface area contributed by atoms with E-state index in [0.29, 0.717) is 16.1 Å². The summed E-state index contributed by atoms with van der Waals surface area (Å²) in [7, 11) is 0. The summed E-state index contributed by atoms with van der Waals surface area (Å²) in [5.74, 6) is -1.86. The third kappa shape index (κ3) is 4.46. The zero-order valence-corrected chi connectivity index (χ0v) is 22.8. The minimum Gasteiger partial charge on any atom is -0.462 e. The number of amides is 4. The predicted molar refractivity (Wildman–Crippen MR) is 146 cm³/mol. The fraction of sp³-hybridized carbons (Fsp3) is 0.286. The molecular weight excluding hydrogens is 526 g/mol. The largest absolute Gasteiger partial charge is 0.462 e. The van der Waals surface area contributed by atoms with Crippen molar-refractivity contribution >= 4 is 58.5 Å². The third-order valence-electron chi connectivity index (χ3n) is 6.77. The van der Waals surface area contributed by atoms with E-state index in [4.69, 9.17) is 16.3 Å². The summed E-state index contributed by atoms with van der Waals surface area (Å²) in [6, 6.07) is 7.31. The molecule has 38 heavy (non-hydrogen) atoms. The predicted octanol–water partition coefficient (Wildman–Crippen LogP) is 5.53. The molecule has 0 spiro atoms. The van der Waals surface area contributed by atoms with Gasteiger partial charge in [0.1, 0.15) is 10.6 Å². The molecule has 2 aromatic heterocycles. The highest BCUT2D eigenvalue weighted by Gasteiger charge is 2.37. The van der Waals surface area contributed by atoms with Crippen molar-refractivity contribution in [1.82, 2.24) is 9.88 Å². The second-order valence-electron chi connectivity index (χ2n) is 9.21. The van der Waals surface area contributed by atoms with Crippen LogP contribution in [0.1, 0.15) is 57.5 Å².